The molecule has 33 heavy (non-hydrogen) atoms. The van der Waals surface area contributed by atoms with Gasteiger partial charge in [-0.3, -0.25) is 14.7 Å². The van der Waals surface area contributed by atoms with Crippen molar-refractivity contribution in [1.29, 1.82) is 0 Å². The molecule has 3 atom stereocenters. The Balaban J connectivity index is 1.35. The number of nitrogens with zero attached hydrogens (tertiary/aromatic N) is 4. The van der Waals surface area contributed by atoms with Crippen LogP contribution in [0.5, 0.6) is 0 Å². The average molecular weight is 475 g/mol. The maximum absolute atomic E-state index is 12.5. The van der Waals surface area contributed by atoms with E-state index in [9.17, 15) is 9.59 Å². The predicted octanol–water partition coefficient (Wildman–Crippen LogP) is 3.65. The molecule has 2 N–H and O–H groups in total. The molecule has 9 nitrogen and oxygen atoms in total. The number of urea groups is 1. The van der Waals surface area contributed by atoms with Crippen molar-refractivity contribution in [2.45, 2.75) is 70.1 Å². The Morgan fingerprint density at radius 1 is 1.15 bits per heavy atom. The summed E-state index contributed by atoms with van der Waals surface area (Å²) in [5.74, 6) is 2.32. The van der Waals surface area contributed by atoms with Crippen molar-refractivity contribution >= 4 is 29.6 Å². The first-order valence-electron chi connectivity index (χ1n) is 11.9. The number of rotatable bonds is 7. The van der Waals surface area contributed by atoms with Gasteiger partial charge in [-0.15, -0.1) is 10.2 Å². The molecule has 2 aliphatic rings. The van der Waals surface area contributed by atoms with Crippen LogP contribution in [0, 0.1) is 11.8 Å². The predicted molar refractivity (Wildman–Crippen MR) is 127 cm³/mol. The number of aromatic nitrogens is 3. The smallest absolute Gasteiger partial charge is 0.321 e. The van der Waals surface area contributed by atoms with Crippen LogP contribution in [0.2, 0.25) is 0 Å². The molecular weight excluding hydrogens is 440 g/mol. The van der Waals surface area contributed by atoms with Gasteiger partial charge >= 0.3 is 6.03 Å². The van der Waals surface area contributed by atoms with Gasteiger partial charge in [0.25, 0.3) is 0 Å². The summed E-state index contributed by atoms with van der Waals surface area (Å²) < 4.78 is 7.53. The number of hydrogen-bond donors (Lipinski definition) is 2. The van der Waals surface area contributed by atoms with Crippen molar-refractivity contribution in [3.8, 4) is 0 Å². The average Bonchev–Trinajstić information content (AvgIpc) is 3.46. The highest BCUT2D eigenvalue weighted by atomic mass is 32.2. The van der Waals surface area contributed by atoms with Crippen LogP contribution in [-0.4, -0.2) is 51.6 Å². The summed E-state index contributed by atoms with van der Waals surface area (Å²) in [7, 11) is 0. The van der Waals surface area contributed by atoms with Gasteiger partial charge in [-0.1, -0.05) is 38.5 Å². The molecule has 180 valence electrons. The highest BCUT2D eigenvalue weighted by molar-refractivity contribution is 7.99. The third kappa shape index (κ3) is 6.10. The van der Waals surface area contributed by atoms with Crippen LogP contribution in [-0.2, 0) is 11.3 Å². The molecule has 2 fully saturated rings. The van der Waals surface area contributed by atoms with Gasteiger partial charge in [0.1, 0.15) is 5.76 Å². The molecule has 3 amide bonds. The monoisotopic (exact) mass is 474 g/mol. The van der Waals surface area contributed by atoms with Crippen molar-refractivity contribution in [3.63, 3.8) is 0 Å². The van der Waals surface area contributed by atoms with Crippen LogP contribution in [0.25, 0.3) is 0 Å². The summed E-state index contributed by atoms with van der Waals surface area (Å²) in [6.45, 7) is 6.76. The van der Waals surface area contributed by atoms with Gasteiger partial charge in [0.15, 0.2) is 5.16 Å². The van der Waals surface area contributed by atoms with Crippen molar-refractivity contribution in [3.05, 3.63) is 24.2 Å². The fourth-order valence-electron chi connectivity index (χ4n) is 4.70. The summed E-state index contributed by atoms with van der Waals surface area (Å²) in [5.41, 5.74) is 0. The Morgan fingerprint density at radius 3 is 2.73 bits per heavy atom. The van der Waals surface area contributed by atoms with Crippen LogP contribution >= 0.6 is 11.8 Å². The molecule has 1 saturated heterocycles. The minimum absolute atomic E-state index is 0.0837. The van der Waals surface area contributed by atoms with E-state index in [-0.39, 0.29) is 17.7 Å². The zero-order valence-electron chi connectivity index (χ0n) is 19.5. The van der Waals surface area contributed by atoms with Crippen LogP contribution < -0.4 is 15.5 Å². The molecule has 4 rings (SSSR count). The molecule has 0 radical (unpaired) electrons. The lowest BCUT2D eigenvalue weighted by atomic mass is 9.78. The topological polar surface area (TPSA) is 105 Å². The van der Waals surface area contributed by atoms with E-state index in [2.05, 4.69) is 39.6 Å². The molecule has 2 aromatic rings. The molecule has 3 heterocycles. The number of carbonyl (C=O) groups excluding carboxylic acids is 2. The summed E-state index contributed by atoms with van der Waals surface area (Å²) in [6, 6.07) is 3.46. The van der Waals surface area contributed by atoms with Gasteiger partial charge in [-0.2, -0.15) is 0 Å². The molecule has 0 spiro atoms. The van der Waals surface area contributed by atoms with Gasteiger partial charge in [0, 0.05) is 19.1 Å². The molecule has 0 aromatic carbocycles. The molecule has 1 saturated carbocycles. The maximum Gasteiger partial charge on any atom is 0.321 e. The van der Waals surface area contributed by atoms with Crippen LogP contribution in [0.4, 0.5) is 10.7 Å². The third-order valence-corrected chi connectivity index (χ3v) is 7.81. The lowest BCUT2D eigenvalue weighted by Crippen LogP contribution is -2.49. The Morgan fingerprint density at radius 2 is 1.97 bits per heavy atom. The van der Waals surface area contributed by atoms with E-state index in [0.29, 0.717) is 23.5 Å². The summed E-state index contributed by atoms with van der Waals surface area (Å²) in [5, 5.41) is 14.9. The van der Waals surface area contributed by atoms with E-state index < -0.39 is 6.03 Å². The fraction of sp³-hybridized carbons (Fsp3) is 0.652. The van der Waals surface area contributed by atoms with E-state index in [1.165, 1.54) is 24.6 Å². The molecule has 1 aliphatic heterocycles. The number of furan rings is 1. The minimum atomic E-state index is -0.419. The number of piperidine rings is 1. The highest BCUT2D eigenvalue weighted by Crippen LogP contribution is 2.29. The molecule has 1 aliphatic carbocycles. The molecule has 10 heteroatoms. The number of thioether (sulfide) groups is 1. The number of hydrogen-bond acceptors (Lipinski definition) is 7. The van der Waals surface area contributed by atoms with Crippen molar-refractivity contribution in [2.75, 3.05) is 23.7 Å². The maximum atomic E-state index is 12.5. The SMILES string of the molecule is C[C@H]1[C@H](C)CCC[C@@H]1NC(=O)NC(=O)CSc1nnc(N2CCCCC2)n1Cc1ccco1. The zero-order chi connectivity index (χ0) is 23.2. The Hall–Kier alpha value is -2.49. The van der Waals surface area contributed by atoms with Crippen molar-refractivity contribution in [2.24, 2.45) is 11.8 Å². The second-order valence-electron chi connectivity index (χ2n) is 9.18. The molecule has 2 aromatic heterocycles. The van der Waals surface area contributed by atoms with Crippen LogP contribution in [0.3, 0.4) is 0 Å². The first-order chi connectivity index (χ1) is 16.0. The Bertz CT molecular complexity index is 925. The van der Waals surface area contributed by atoms with Gasteiger partial charge in [0.2, 0.25) is 11.9 Å². The Labute approximate surface area is 199 Å². The van der Waals surface area contributed by atoms with Gasteiger partial charge in [-0.05, 0) is 49.7 Å². The molecule has 0 bridgehead atoms. The number of anilines is 1. The number of amides is 3. The standard InChI is InChI=1S/C23H34N6O3S/c1-16-8-6-10-19(17(16)2)24-21(31)25-20(30)15-33-23-27-26-22(28-11-4-3-5-12-28)29(23)14-18-9-7-13-32-18/h7,9,13,16-17,19H,3-6,8,10-12,14-15H2,1-2H3,(H2,24,25,30,31)/t16-,17+,19+/m1/s1. The summed E-state index contributed by atoms with van der Waals surface area (Å²) in [6.07, 6.45) is 8.38. The lowest BCUT2D eigenvalue weighted by Gasteiger charge is -2.34. The minimum Gasteiger partial charge on any atom is -0.467 e. The van der Waals surface area contributed by atoms with Gasteiger partial charge in [-0.25, -0.2) is 4.79 Å². The quantitative estimate of drug-likeness (QED) is 0.590. The largest absolute Gasteiger partial charge is 0.467 e. The van der Waals surface area contributed by atoms with Crippen LogP contribution in [0.1, 0.15) is 58.1 Å². The van der Waals surface area contributed by atoms with Gasteiger partial charge < -0.3 is 14.6 Å². The van der Waals surface area contributed by atoms with Crippen molar-refractivity contribution < 1.29 is 14.0 Å². The van der Waals surface area contributed by atoms with Gasteiger partial charge in [0.05, 0.1) is 18.6 Å². The van der Waals surface area contributed by atoms with E-state index >= 15 is 0 Å². The highest BCUT2D eigenvalue weighted by Gasteiger charge is 2.28. The number of carbonyl (C=O) groups is 2. The summed E-state index contributed by atoms with van der Waals surface area (Å²) >= 11 is 1.28. The fourth-order valence-corrected chi connectivity index (χ4v) is 5.43. The number of nitrogens with one attached hydrogen (secondary N) is 2. The third-order valence-electron chi connectivity index (χ3n) is 6.84. The summed E-state index contributed by atoms with van der Waals surface area (Å²) in [4.78, 5) is 27.1. The zero-order valence-corrected chi connectivity index (χ0v) is 20.3. The molecular formula is C23H34N6O3S. The Kier molecular flexibility index (Phi) is 7.95. The first kappa shape index (κ1) is 23.7. The number of imide groups is 1. The van der Waals surface area contributed by atoms with E-state index in [1.54, 1.807) is 6.26 Å². The first-order valence-corrected chi connectivity index (χ1v) is 12.9. The second-order valence-corrected chi connectivity index (χ2v) is 10.1. The molecule has 0 unspecified atom stereocenters. The van der Waals surface area contributed by atoms with E-state index in [1.807, 2.05) is 16.7 Å². The van der Waals surface area contributed by atoms with E-state index in [4.69, 9.17) is 4.42 Å². The second kappa shape index (κ2) is 11.1. The van der Waals surface area contributed by atoms with Crippen LogP contribution in [0.15, 0.2) is 28.0 Å². The van der Waals surface area contributed by atoms with Crippen molar-refractivity contribution in [1.82, 2.24) is 25.4 Å². The van der Waals surface area contributed by atoms with E-state index in [0.717, 1.165) is 50.5 Å². The normalized spacial score (nSPS) is 23.3. The lowest BCUT2D eigenvalue weighted by molar-refractivity contribution is -0.117.